The van der Waals surface area contributed by atoms with Crippen molar-refractivity contribution in [1.82, 2.24) is 0 Å². The van der Waals surface area contributed by atoms with Crippen LogP contribution in [0.15, 0.2) is 24.3 Å². The molecular weight excluding hydrogens is 225 g/mol. The van der Waals surface area contributed by atoms with Gasteiger partial charge in [-0.2, -0.15) is 0 Å². The van der Waals surface area contributed by atoms with Crippen LogP contribution in [0, 0.1) is 0 Å². The molecule has 0 bridgehead atoms. The van der Waals surface area contributed by atoms with Crippen molar-refractivity contribution in [3.63, 3.8) is 0 Å². The van der Waals surface area contributed by atoms with E-state index in [0.29, 0.717) is 11.4 Å². The molecule has 1 heterocycles. The maximum absolute atomic E-state index is 12.1. The molecule has 0 radical (unpaired) electrons. The van der Waals surface area contributed by atoms with E-state index in [1.54, 1.807) is 24.3 Å². The predicted molar refractivity (Wildman–Crippen MR) is 59.9 cm³/mol. The zero-order chi connectivity index (χ0) is 12.3. The number of amides is 1. The van der Waals surface area contributed by atoms with E-state index in [1.807, 2.05) is 0 Å². The van der Waals surface area contributed by atoms with Crippen LogP contribution < -0.4 is 9.64 Å². The Labute approximate surface area is 98.0 Å². The first-order valence-corrected chi connectivity index (χ1v) is 5.32. The zero-order valence-electron chi connectivity index (χ0n) is 9.19. The number of ketones is 1. The number of anilines is 1. The molecule has 17 heavy (non-hydrogen) atoms. The van der Waals surface area contributed by atoms with Crippen molar-refractivity contribution in [2.45, 2.75) is 6.42 Å². The Bertz CT molecular complexity index is 447. The average molecular weight is 237 g/mol. The lowest BCUT2D eigenvalue weighted by Crippen LogP contribution is -2.25. The normalized spacial score (nSPS) is 15.5. The van der Waals surface area contributed by atoms with Crippen molar-refractivity contribution in [2.24, 2.45) is 0 Å². The SMILES string of the molecule is O=C1CC(=O)N(c2ccccc2OCCF)C1. The fraction of sp³-hybridized carbons (Fsp3) is 0.333. The molecule has 1 aliphatic rings. The maximum atomic E-state index is 12.1. The summed E-state index contributed by atoms with van der Waals surface area (Å²) in [5.41, 5.74) is 0.525. The van der Waals surface area contributed by atoms with Crippen LogP contribution in [0.4, 0.5) is 10.1 Å². The van der Waals surface area contributed by atoms with Gasteiger partial charge in [-0.3, -0.25) is 9.59 Å². The molecule has 1 fully saturated rings. The molecule has 1 saturated heterocycles. The van der Waals surface area contributed by atoms with Crippen molar-refractivity contribution in [2.75, 3.05) is 24.7 Å². The highest BCUT2D eigenvalue weighted by Crippen LogP contribution is 2.30. The molecule has 1 aromatic carbocycles. The van der Waals surface area contributed by atoms with E-state index in [9.17, 15) is 14.0 Å². The van der Waals surface area contributed by atoms with E-state index in [-0.39, 0.29) is 31.3 Å². The molecule has 1 aliphatic heterocycles. The third-order valence-corrected chi connectivity index (χ3v) is 2.47. The topological polar surface area (TPSA) is 46.6 Å². The first-order chi connectivity index (χ1) is 8.22. The Morgan fingerprint density at radius 3 is 2.71 bits per heavy atom. The lowest BCUT2D eigenvalue weighted by atomic mass is 10.2. The molecule has 2 rings (SSSR count). The number of carbonyl (C=O) groups excluding carboxylic acids is 2. The molecule has 1 aromatic rings. The van der Waals surface area contributed by atoms with E-state index >= 15 is 0 Å². The summed E-state index contributed by atoms with van der Waals surface area (Å²) in [5, 5.41) is 0. The number of benzene rings is 1. The highest BCUT2D eigenvalue weighted by atomic mass is 19.1. The highest BCUT2D eigenvalue weighted by Gasteiger charge is 2.30. The van der Waals surface area contributed by atoms with Crippen LogP contribution in [0.3, 0.4) is 0 Å². The van der Waals surface area contributed by atoms with Crippen LogP contribution in [-0.4, -0.2) is 31.5 Å². The number of nitrogens with zero attached hydrogens (tertiary/aromatic N) is 1. The molecule has 0 aliphatic carbocycles. The van der Waals surface area contributed by atoms with Gasteiger partial charge in [0.2, 0.25) is 5.91 Å². The number of Topliss-reactive ketones (excluding diaryl/α,β-unsaturated/α-hetero) is 1. The smallest absolute Gasteiger partial charge is 0.235 e. The number of rotatable bonds is 4. The van der Waals surface area contributed by atoms with E-state index in [1.165, 1.54) is 4.90 Å². The zero-order valence-corrected chi connectivity index (χ0v) is 9.19. The van der Waals surface area contributed by atoms with Crippen LogP contribution in [0.25, 0.3) is 0 Å². The average Bonchev–Trinajstić information content (AvgIpc) is 2.66. The summed E-state index contributed by atoms with van der Waals surface area (Å²) < 4.78 is 17.3. The Morgan fingerprint density at radius 2 is 2.06 bits per heavy atom. The van der Waals surface area contributed by atoms with Crippen molar-refractivity contribution >= 4 is 17.4 Å². The van der Waals surface area contributed by atoms with Gasteiger partial charge in [0.25, 0.3) is 0 Å². The van der Waals surface area contributed by atoms with Gasteiger partial charge in [0, 0.05) is 0 Å². The second-order valence-corrected chi connectivity index (χ2v) is 3.70. The summed E-state index contributed by atoms with van der Waals surface area (Å²) in [6.45, 7) is -0.594. The number of ether oxygens (including phenoxy) is 1. The second-order valence-electron chi connectivity index (χ2n) is 3.70. The fourth-order valence-electron chi connectivity index (χ4n) is 1.75. The number of alkyl halides is 1. The molecule has 90 valence electrons. The molecule has 4 nitrogen and oxygen atoms in total. The van der Waals surface area contributed by atoms with Gasteiger partial charge in [-0.1, -0.05) is 12.1 Å². The van der Waals surface area contributed by atoms with Gasteiger partial charge in [0.15, 0.2) is 5.78 Å². The first-order valence-electron chi connectivity index (χ1n) is 5.32. The summed E-state index contributed by atoms with van der Waals surface area (Å²) >= 11 is 0. The minimum absolute atomic E-state index is 0.0625. The molecule has 0 saturated carbocycles. The van der Waals surface area contributed by atoms with Gasteiger partial charge in [0.1, 0.15) is 19.0 Å². The lowest BCUT2D eigenvalue weighted by molar-refractivity contribution is -0.121. The van der Waals surface area contributed by atoms with Crippen LogP contribution >= 0.6 is 0 Å². The van der Waals surface area contributed by atoms with Crippen LogP contribution in [0.5, 0.6) is 5.75 Å². The quantitative estimate of drug-likeness (QED) is 0.742. The minimum atomic E-state index is -0.596. The highest BCUT2D eigenvalue weighted by molar-refractivity contribution is 6.15. The van der Waals surface area contributed by atoms with Crippen LogP contribution in [0.2, 0.25) is 0 Å². The van der Waals surface area contributed by atoms with Crippen molar-refractivity contribution in [3.05, 3.63) is 24.3 Å². The molecule has 5 heteroatoms. The molecule has 1 amide bonds. The van der Waals surface area contributed by atoms with Gasteiger partial charge in [-0.25, -0.2) is 4.39 Å². The van der Waals surface area contributed by atoms with Crippen molar-refractivity contribution in [3.8, 4) is 5.75 Å². The van der Waals surface area contributed by atoms with E-state index < -0.39 is 6.67 Å². The van der Waals surface area contributed by atoms with Gasteiger partial charge in [-0.05, 0) is 12.1 Å². The molecule has 0 aromatic heterocycles. The molecule has 0 spiro atoms. The Kier molecular flexibility index (Phi) is 3.37. The minimum Gasteiger partial charge on any atom is -0.489 e. The lowest BCUT2D eigenvalue weighted by Gasteiger charge is -2.18. The number of halogens is 1. The van der Waals surface area contributed by atoms with E-state index in [2.05, 4.69) is 0 Å². The Hall–Kier alpha value is -1.91. The number of hydrogen-bond acceptors (Lipinski definition) is 3. The summed E-state index contributed by atoms with van der Waals surface area (Å²) in [6, 6.07) is 6.82. The summed E-state index contributed by atoms with van der Waals surface area (Å²) in [4.78, 5) is 24.2. The summed E-state index contributed by atoms with van der Waals surface area (Å²) in [5.74, 6) is 0.0646. The Morgan fingerprint density at radius 1 is 1.29 bits per heavy atom. The third-order valence-electron chi connectivity index (χ3n) is 2.47. The predicted octanol–water partition coefficient (Wildman–Crippen LogP) is 1.34. The van der Waals surface area contributed by atoms with Gasteiger partial charge < -0.3 is 9.64 Å². The number of hydrogen-bond donors (Lipinski definition) is 0. The number of carbonyl (C=O) groups is 2. The van der Waals surface area contributed by atoms with Crippen molar-refractivity contribution < 1.29 is 18.7 Å². The van der Waals surface area contributed by atoms with Crippen molar-refractivity contribution in [1.29, 1.82) is 0 Å². The number of para-hydroxylation sites is 2. The summed E-state index contributed by atoms with van der Waals surface area (Å²) in [6.07, 6.45) is -0.0720. The van der Waals surface area contributed by atoms with Gasteiger partial charge in [0.05, 0.1) is 18.7 Å². The van der Waals surface area contributed by atoms with Crippen LogP contribution in [0.1, 0.15) is 6.42 Å². The third kappa shape index (κ3) is 2.43. The van der Waals surface area contributed by atoms with Crippen LogP contribution in [-0.2, 0) is 9.59 Å². The second kappa shape index (κ2) is 4.95. The monoisotopic (exact) mass is 237 g/mol. The Balaban J connectivity index is 2.25. The molecule has 0 atom stereocenters. The largest absolute Gasteiger partial charge is 0.489 e. The van der Waals surface area contributed by atoms with Gasteiger partial charge in [-0.15, -0.1) is 0 Å². The van der Waals surface area contributed by atoms with E-state index in [0.717, 1.165) is 0 Å². The standard InChI is InChI=1S/C12H12FNO3/c13-5-6-17-11-4-2-1-3-10(11)14-8-9(15)7-12(14)16/h1-4H,5-8H2. The molecule has 0 unspecified atom stereocenters. The molecular formula is C12H12FNO3. The van der Waals surface area contributed by atoms with E-state index in [4.69, 9.17) is 4.74 Å². The fourth-order valence-corrected chi connectivity index (χ4v) is 1.75. The summed E-state index contributed by atoms with van der Waals surface area (Å²) in [7, 11) is 0. The first kappa shape index (κ1) is 11.6. The molecule has 0 N–H and O–H groups in total. The maximum Gasteiger partial charge on any atom is 0.235 e. The van der Waals surface area contributed by atoms with Gasteiger partial charge >= 0.3 is 0 Å².